The van der Waals surface area contributed by atoms with E-state index in [0.717, 1.165) is 0 Å². The van der Waals surface area contributed by atoms with Crippen LogP contribution in [-0.4, -0.2) is 18.2 Å². The highest BCUT2D eigenvalue weighted by Gasteiger charge is 2.01. The Labute approximate surface area is 48.1 Å². The molecule has 0 aliphatic carbocycles. The molecule has 1 aliphatic rings. The van der Waals surface area contributed by atoms with Crippen molar-refractivity contribution >= 4 is 12.1 Å². The minimum Gasteiger partial charge on any atom is -0.342 e. The summed E-state index contributed by atoms with van der Waals surface area (Å²) < 4.78 is 0. The molecule has 3 heteroatoms. The molecule has 0 aromatic carbocycles. The lowest BCUT2D eigenvalue weighted by molar-refractivity contribution is 0.316. The van der Waals surface area contributed by atoms with Crippen molar-refractivity contribution in [3.05, 3.63) is 0 Å². The molecular formula is C5H8N2O. The van der Waals surface area contributed by atoms with Crippen molar-refractivity contribution in [3.8, 4) is 0 Å². The van der Waals surface area contributed by atoms with E-state index in [1.165, 1.54) is 0 Å². The average Bonchev–Trinajstić information content (AvgIpc) is 1.64. The standard InChI is InChI=1S/C5H8N2O/c1-4-3-6-8-5(2)7-4/h3-4H,1-2H3. The Bertz CT molecular complexity index is 139. The molecule has 1 aliphatic heterocycles. The Morgan fingerprint density at radius 1 is 1.75 bits per heavy atom. The second kappa shape index (κ2) is 1.94. The van der Waals surface area contributed by atoms with Gasteiger partial charge in [-0.3, -0.25) is 0 Å². The van der Waals surface area contributed by atoms with Crippen molar-refractivity contribution in [1.29, 1.82) is 0 Å². The number of hydrogen-bond donors (Lipinski definition) is 0. The molecule has 1 atom stereocenters. The SMILES string of the molecule is CC1=NC(C)C=NO1. The van der Waals surface area contributed by atoms with Crippen LogP contribution < -0.4 is 0 Å². The molecule has 0 amide bonds. The van der Waals surface area contributed by atoms with Crippen LogP contribution >= 0.6 is 0 Å². The van der Waals surface area contributed by atoms with Crippen molar-refractivity contribution < 1.29 is 4.84 Å². The fourth-order valence-corrected chi connectivity index (χ4v) is 0.538. The van der Waals surface area contributed by atoms with Gasteiger partial charge in [0, 0.05) is 6.92 Å². The van der Waals surface area contributed by atoms with Crippen LogP contribution in [0.25, 0.3) is 0 Å². The van der Waals surface area contributed by atoms with Crippen molar-refractivity contribution in [2.45, 2.75) is 19.9 Å². The van der Waals surface area contributed by atoms with Gasteiger partial charge in [0.1, 0.15) is 0 Å². The van der Waals surface area contributed by atoms with Crippen LogP contribution in [0.3, 0.4) is 0 Å². The lowest BCUT2D eigenvalue weighted by Crippen LogP contribution is -2.10. The number of rotatable bonds is 0. The zero-order valence-electron chi connectivity index (χ0n) is 4.96. The molecule has 8 heavy (non-hydrogen) atoms. The molecule has 0 radical (unpaired) electrons. The smallest absolute Gasteiger partial charge is 0.217 e. The van der Waals surface area contributed by atoms with Crippen LogP contribution in [-0.2, 0) is 4.84 Å². The van der Waals surface area contributed by atoms with Crippen LogP contribution in [0.4, 0.5) is 0 Å². The summed E-state index contributed by atoms with van der Waals surface area (Å²) in [5.74, 6) is 0.639. The van der Waals surface area contributed by atoms with E-state index in [0.29, 0.717) is 5.90 Å². The first-order chi connectivity index (χ1) is 3.79. The molecule has 0 N–H and O–H groups in total. The van der Waals surface area contributed by atoms with E-state index in [4.69, 9.17) is 0 Å². The van der Waals surface area contributed by atoms with Crippen molar-refractivity contribution in [2.24, 2.45) is 10.1 Å². The Kier molecular flexibility index (Phi) is 1.28. The first-order valence-corrected chi connectivity index (χ1v) is 2.54. The summed E-state index contributed by atoms with van der Waals surface area (Å²) >= 11 is 0. The molecule has 0 aromatic rings. The van der Waals surface area contributed by atoms with Gasteiger partial charge in [-0.15, -0.1) is 0 Å². The van der Waals surface area contributed by atoms with Crippen LogP contribution in [0.2, 0.25) is 0 Å². The number of hydrogen-bond acceptors (Lipinski definition) is 3. The van der Waals surface area contributed by atoms with Crippen LogP contribution in [0, 0.1) is 0 Å². The topological polar surface area (TPSA) is 34.0 Å². The van der Waals surface area contributed by atoms with E-state index in [1.807, 2.05) is 6.92 Å². The molecule has 0 fully saturated rings. The van der Waals surface area contributed by atoms with Gasteiger partial charge in [-0.2, -0.15) is 0 Å². The number of aliphatic imine (C=N–C) groups is 1. The average molecular weight is 112 g/mol. The minimum atomic E-state index is 0.184. The van der Waals surface area contributed by atoms with Gasteiger partial charge in [0.15, 0.2) is 0 Å². The molecule has 1 unspecified atom stereocenters. The van der Waals surface area contributed by atoms with E-state index in [-0.39, 0.29) is 6.04 Å². The monoisotopic (exact) mass is 112 g/mol. The van der Waals surface area contributed by atoms with Gasteiger partial charge in [-0.1, -0.05) is 5.16 Å². The first kappa shape index (κ1) is 5.28. The van der Waals surface area contributed by atoms with E-state index >= 15 is 0 Å². The maximum absolute atomic E-state index is 4.67. The molecule has 44 valence electrons. The Balaban J connectivity index is 2.60. The second-order valence-corrected chi connectivity index (χ2v) is 1.73. The second-order valence-electron chi connectivity index (χ2n) is 1.73. The molecule has 1 rings (SSSR count). The highest BCUT2D eigenvalue weighted by atomic mass is 16.6. The van der Waals surface area contributed by atoms with Gasteiger partial charge in [0.05, 0.1) is 12.3 Å². The predicted octanol–water partition coefficient (Wildman–Crippen LogP) is 0.809. The van der Waals surface area contributed by atoms with E-state index in [1.54, 1.807) is 13.1 Å². The van der Waals surface area contributed by atoms with Crippen LogP contribution in [0.1, 0.15) is 13.8 Å². The summed E-state index contributed by atoms with van der Waals surface area (Å²) in [6, 6.07) is 0.184. The van der Waals surface area contributed by atoms with Gasteiger partial charge in [0.2, 0.25) is 5.90 Å². The van der Waals surface area contributed by atoms with Gasteiger partial charge < -0.3 is 4.84 Å². The zero-order chi connectivity index (χ0) is 5.98. The molecule has 0 aromatic heterocycles. The number of nitrogens with zero attached hydrogens (tertiary/aromatic N) is 2. The zero-order valence-corrected chi connectivity index (χ0v) is 4.96. The molecular weight excluding hydrogens is 104 g/mol. The van der Waals surface area contributed by atoms with E-state index < -0.39 is 0 Å². The Morgan fingerprint density at radius 2 is 2.50 bits per heavy atom. The Morgan fingerprint density at radius 3 is 2.88 bits per heavy atom. The summed E-state index contributed by atoms with van der Waals surface area (Å²) in [6.07, 6.45) is 1.66. The van der Waals surface area contributed by atoms with Crippen molar-refractivity contribution in [1.82, 2.24) is 0 Å². The van der Waals surface area contributed by atoms with Crippen LogP contribution in [0.15, 0.2) is 10.1 Å². The summed E-state index contributed by atoms with van der Waals surface area (Å²) in [5, 5.41) is 3.58. The predicted molar refractivity (Wildman–Crippen MR) is 32.1 cm³/mol. The molecule has 0 spiro atoms. The van der Waals surface area contributed by atoms with E-state index in [2.05, 4.69) is 15.0 Å². The Hall–Kier alpha value is -0.860. The third kappa shape index (κ3) is 1.05. The highest BCUT2D eigenvalue weighted by Crippen LogP contribution is 1.95. The number of oxime groups is 1. The largest absolute Gasteiger partial charge is 0.342 e. The fraction of sp³-hybridized carbons (Fsp3) is 0.600. The maximum Gasteiger partial charge on any atom is 0.217 e. The summed E-state index contributed by atoms with van der Waals surface area (Å²) in [6.45, 7) is 3.74. The normalized spacial score (nSPS) is 26.8. The van der Waals surface area contributed by atoms with E-state index in [9.17, 15) is 0 Å². The third-order valence-corrected chi connectivity index (χ3v) is 0.847. The molecule has 3 nitrogen and oxygen atoms in total. The lowest BCUT2D eigenvalue weighted by Gasteiger charge is -2.05. The maximum atomic E-state index is 4.67. The fourth-order valence-electron chi connectivity index (χ4n) is 0.538. The van der Waals surface area contributed by atoms with Crippen molar-refractivity contribution in [2.75, 3.05) is 0 Å². The lowest BCUT2D eigenvalue weighted by atomic mass is 10.4. The summed E-state index contributed by atoms with van der Waals surface area (Å²) in [4.78, 5) is 8.70. The van der Waals surface area contributed by atoms with Crippen LogP contribution in [0.5, 0.6) is 0 Å². The minimum absolute atomic E-state index is 0.184. The first-order valence-electron chi connectivity index (χ1n) is 2.54. The van der Waals surface area contributed by atoms with Gasteiger partial charge in [0.25, 0.3) is 0 Å². The highest BCUT2D eigenvalue weighted by molar-refractivity contribution is 5.79. The molecule has 0 saturated carbocycles. The summed E-state index contributed by atoms with van der Waals surface area (Å²) in [7, 11) is 0. The van der Waals surface area contributed by atoms with Gasteiger partial charge >= 0.3 is 0 Å². The van der Waals surface area contributed by atoms with Crippen molar-refractivity contribution in [3.63, 3.8) is 0 Å². The molecule has 0 saturated heterocycles. The quantitative estimate of drug-likeness (QED) is 0.456. The molecule has 0 bridgehead atoms. The molecule has 1 heterocycles. The third-order valence-electron chi connectivity index (χ3n) is 0.847. The van der Waals surface area contributed by atoms with Gasteiger partial charge in [-0.05, 0) is 6.92 Å². The summed E-state index contributed by atoms with van der Waals surface area (Å²) in [5.41, 5.74) is 0. The van der Waals surface area contributed by atoms with Gasteiger partial charge in [-0.25, -0.2) is 4.99 Å².